The second-order valence-corrected chi connectivity index (χ2v) is 7.42. The number of amides is 1. The Balaban J connectivity index is 1.74. The van der Waals surface area contributed by atoms with Crippen LogP contribution in [0.5, 0.6) is 0 Å². The summed E-state index contributed by atoms with van der Waals surface area (Å²) in [6.07, 6.45) is 3.33. The van der Waals surface area contributed by atoms with Crippen LogP contribution in [0.1, 0.15) is 38.9 Å². The first-order valence-corrected chi connectivity index (χ1v) is 9.55. The molecule has 1 aliphatic rings. The summed E-state index contributed by atoms with van der Waals surface area (Å²) in [5, 5.41) is 0.428. The first-order chi connectivity index (χ1) is 14.5. The minimum Gasteiger partial charge on any atom is -0.450 e. The monoisotopic (exact) mass is 400 g/mol. The van der Waals surface area contributed by atoms with Crippen LogP contribution in [0.3, 0.4) is 0 Å². The van der Waals surface area contributed by atoms with Gasteiger partial charge in [0, 0.05) is 18.9 Å². The molecule has 5 rings (SSSR count). The number of fused-ring (bicyclic) bond motifs is 2. The predicted octanol–water partition coefficient (Wildman–Crippen LogP) is 4.38. The van der Waals surface area contributed by atoms with Crippen molar-refractivity contribution in [1.82, 2.24) is 9.88 Å². The van der Waals surface area contributed by atoms with E-state index in [0.717, 1.165) is 11.1 Å². The van der Waals surface area contributed by atoms with Crippen molar-refractivity contribution >= 4 is 16.9 Å². The molecule has 0 N–H and O–H groups in total. The summed E-state index contributed by atoms with van der Waals surface area (Å²) >= 11 is 0. The Morgan fingerprint density at radius 3 is 2.63 bits per heavy atom. The van der Waals surface area contributed by atoms with Crippen LogP contribution >= 0.6 is 0 Å². The van der Waals surface area contributed by atoms with Gasteiger partial charge in [0.2, 0.25) is 5.76 Å². The van der Waals surface area contributed by atoms with Gasteiger partial charge in [-0.3, -0.25) is 14.6 Å². The Bertz CT molecular complexity index is 1330. The van der Waals surface area contributed by atoms with Gasteiger partial charge in [-0.1, -0.05) is 29.8 Å². The number of hydrogen-bond acceptors (Lipinski definition) is 4. The highest BCUT2D eigenvalue weighted by Gasteiger charge is 2.42. The molecule has 1 unspecified atom stereocenters. The molecule has 148 valence electrons. The number of rotatable bonds is 3. The molecule has 0 radical (unpaired) electrons. The Kier molecular flexibility index (Phi) is 4.20. The molecule has 6 heteroatoms. The van der Waals surface area contributed by atoms with E-state index < -0.39 is 6.04 Å². The molecule has 2 aromatic carbocycles. The van der Waals surface area contributed by atoms with E-state index in [2.05, 4.69) is 4.98 Å². The number of aromatic nitrogens is 1. The van der Waals surface area contributed by atoms with Crippen molar-refractivity contribution in [2.24, 2.45) is 0 Å². The quantitative estimate of drug-likeness (QED) is 0.512. The maximum atomic E-state index is 13.6. The van der Waals surface area contributed by atoms with Gasteiger partial charge in [-0.2, -0.15) is 0 Å². The number of halogens is 1. The van der Waals surface area contributed by atoms with E-state index in [4.69, 9.17) is 4.42 Å². The zero-order chi connectivity index (χ0) is 20.8. The Hall–Kier alpha value is -3.80. The van der Waals surface area contributed by atoms with Crippen LogP contribution in [-0.4, -0.2) is 15.8 Å². The van der Waals surface area contributed by atoms with Crippen molar-refractivity contribution < 1.29 is 13.6 Å². The maximum Gasteiger partial charge on any atom is 0.291 e. The fourth-order valence-electron chi connectivity index (χ4n) is 3.98. The second kappa shape index (κ2) is 6.91. The summed E-state index contributed by atoms with van der Waals surface area (Å²) in [7, 11) is 0. The highest BCUT2D eigenvalue weighted by molar-refractivity contribution is 5.99. The molecule has 30 heavy (non-hydrogen) atoms. The van der Waals surface area contributed by atoms with Gasteiger partial charge in [0.25, 0.3) is 5.91 Å². The highest BCUT2D eigenvalue weighted by Crippen LogP contribution is 2.39. The first kappa shape index (κ1) is 18.2. The predicted molar refractivity (Wildman–Crippen MR) is 110 cm³/mol. The average molecular weight is 400 g/mol. The lowest BCUT2D eigenvalue weighted by atomic mass is 9.98. The van der Waals surface area contributed by atoms with Gasteiger partial charge < -0.3 is 9.32 Å². The van der Waals surface area contributed by atoms with Crippen LogP contribution in [-0.2, 0) is 6.54 Å². The molecular formula is C24H17FN2O3. The van der Waals surface area contributed by atoms with Crippen LogP contribution in [0.4, 0.5) is 4.39 Å². The molecule has 0 fully saturated rings. The van der Waals surface area contributed by atoms with Crippen LogP contribution in [0, 0.1) is 12.7 Å². The van der Waals surface area contributed by atoms with Crippen molar-refractivity contribution in [2.75, 3.05) is 0 Å². The molecular weight excluding hydrogens is 383 g/mol. The number of carbonyl (C=O) groups is 1. The number of carbonyl (C=O) groups excluding carboxylic acids is 1. The number of aryl methyl sites for hydroxylation is 1. The van der Waals surface area contributed by atoms with Crippen molar-refractivity contribution in [3.8, 4) is 0 Å². The fourth-order valence-corrected chi connectivity index (χ4v) is 3.98. The molecule has 0 saturated carbocycles. The van der Waals surface area contributed by atoms with Gasteiger partial charge in [0.1, 0.15) is 11.4 Å². The molecule has 5 nitrogen and oxygen atoms in total. The van der Waals surface area contributed by atoms with E-state index in [9.17, 15) is 14.0 Å². The van der Waals surface area contributed by atoms with Crippen LogP contribution in [0.15, 0.2) is 76.2 Å². The van der Waals surface area contributed by atoms with E-state index in [-0.39, 0.29) is 35.0 Å². The molecule has 0 aliphatic carbocycles. The maximum absolute atomic E-state index is 13.6. The Morgan fingerprint density at radius 2 is 1.90 bits per heavy atom. The third kappa shape index (κ3) is 2.88. The van der Waals surface area contributed by atoms with E-state index in [1.54, 1.807) is 47.6 Å². The smallest absolute Gasteiger partial charge is 0.291 e. The van der Waals surface area contributed by atoms with Gasteiger partial charge in [-0.25, -0.2) is 4.39 Å². The standard InChI is InChI=1S/C24H17FN2O3/c1-14-4-9-19-18(11-14)22(28)20-21(16-5-7-17(25)8-6-16)27(24(29)23(20)30-19)13-15-3-2-10-26-12-15/h2-12,21H,13H2,1H3. The number of pyridine rings is 1. The zero-order valence-corrected chi connectivity index (χ0v) is 16.1. The van der Waals surface area contributed by atoms with Crippen molar-refractivity contribution in [3.05, 3.63) is 111 Å². The van der Waals surface area contributed by atoms with Crippen molar-refractivity contribution in [3.63, 3.8) is 0 Å². The third-order valence-corrected chi connectivity index (χ3v) is 5.38. The lowest BCUT2D eigenvalue weighted by Gasteiger charge is -2.25. The van der Waals surface area contributed by atoms with Crippen molar-refractivity contribution in [2.45, 2.75) is 19.5 Å². The fraction of sp³-hybridized carbons (Fsp3) is 0.125. The second-order valence-electron chi connectivity index (χ2n) is 7.42. The number of benzene rings is 2. The lowest BCUT2D eigenvalue weighted by molar-refractivity contribution is 0.0714. The number of hydrogen-bond donors (Lipinski definition) is 0. The Labute approximate surface area is 171 Å². The van der Waals surface area contributed by atoms with E-state index in [0.29, 0.717) is 16.5 Å². The van der Waals surface area contributed by atoms with E-state index >= 15 is 0 Å². The summed E-state index contributed by atoms with van der Waals surface area (Å²) in [5.74, 6) is -0.722. The summed E-state index contributed by atoms with van der Waals surface area (Å²) in [6.45, 7) is 2.14. The molecule has 0 bridgehead atoms. The summed E-state index contributed by atoms with van der Waals surface area (Å²) < 4.78 is 19.5. The van der Waals surface area contributed by atoms with E-state index in [1.807, 2.05) is 19.1 Å². The molecule has 0 spiro atoms. The van der Waals surface area contributed by atoms with Gasteiger partial charge in [-0.05, 0) is 48.4 Å². The topological polar surface area (TPSA) is 63.4 Å². The molecule has 0 saturated heterocycles. The normalized spacial score (nSPS) is 15.6. The lowest BCUT2D eigenvalue weighted by Crippen LogP contribution is -2.29. The van der Waals surface area contributed by atoms with Gasteiger partial charge in [0.05, 0.1) is 17.0 Å². The molecule has 3 heterocycles. The van der Waals surface area contributed by atoms with Crippen LogP contribution in [0.25, 0.3) is 11.0 Å². The summed E-state index contributed by atoms with van der Waals surface area (Å²) in [4.78, 5) is 32.4. The van der Waals surface area contributed by atoms with Gasteiger partial charge in [-0.15, -0.1) is 0 Å². The van der Waals surface area contributed by atoms with Crippen molar-refractivity contribution in [1.29, 1.82) is 0 Å². The van der Waals surface area contributed by atoms with Gasteiger partial charge >= 0.3 is 0 Å². The van der Waals surface area contributed by atoms with Crippen LogP contribution < -0.4 is 5.43 Å². The zero-order valence-electron chi connectivity index (χ0n) is 16.1. The first-order valence-electron chi connectivity index (χ1n) is 9.55. The molecule has 1 amide bonds. The molecule has 1 aliphatic heterocycles. The molecule has 4 aromatic rings. The van der Waals surface area contributed by atoms with Gasteiger partial charge in [0.15, 0.2) is 5.43 Å². The highest BCUT2D eigenvalue weighted by atomic mass is 19.1. The summed E-state index contributed by atoms with van der Waals surface area (Å²) in [6, 6.07) is 14.1. The Morgan fingerprint density at radius 1 is 1.10 bits per heavy atom. The average Bonchev–Trinajstić information content (AvgIpc) is 3.02. The SMILES string of the molecule is Cc1ccc2oc3c(c(=O)c2c1)C(c1ccc(F)cc1)N(Cc1cccnc1)C3=O. The minimum absolute atomic E-state index is 0.0366. The summed E-state index contributed by atoms with van der Waals surface area (Å²) in [5.41, 5.74) is 2.80. The number of nitrogens with zero attached hydrogens (tertiary/aromatic N) is 2. The third-order valence-electron chi connectivity index (χ3n) is 5.38. The molecule has 1 atom stereocenters. The van der Waals surface area contributed by atoms with E-state index in [1.165, 1.54) is 12.1 Å². The largest absolute Gasteiger partial charge is 0.450 e. The minimum atomic E-state index is -0.672. The molecule has 2 aromatic heterocycles. The van der Waals surface area contributed by atoms with Crippen LogP contribution in [0.2, 0.25) is 0 Å².